The Morgan fingerprint density at radius 2 is 1.76 bits per heavy atom. The lowest BCUT2D eigenvalue weighted by Crippen LogP contribution is -2.45. The van der Waals surface area contributed by atoms with Gasteiger partial charge in [-0.15, -0.1) is 0 Å². The lowest BCUT2D eigenvalue weighted by Gasteiger charge is -2.32. The van der Waals surface area contributed by atoms with Crippen LogP contribution in [0.1, 0.15) is 41.3 Å². The van der Waals surface area contributed by atoms with E-state index in [1.165, 1.54) is 11.1 Å². The minimum absolute atomic E-state index is 0.0536. The summed E-state index contributed by atoms with van der Waals surface area (Å²) in [6.07, 6.45) is 7.81. The Hall–Kier alpha value is -2.20. The van der Waals surface area contributed by atoms with Crippen LogP contribution in [0.4, 0.5) is 0 Å². The van der Waals surface area contributed by atoms with Crippen molar-refractivity contribution >= 4 is 5.91 Å². The number of carbonyl (C=O) groups is 1. The SMILES string of the molecule is CCc1ccc(C(=O)NC2CCN(CCc3ccncc3)CC2)cc1. The normalized spacial score (nSPS) is 15.9. The second-order valence-corrected chi connectivity index (χ2v) is 6.75. The van der Waals surface area contributed by atoms with Crippen LogP contribution in [0.25, 0.3) is 0 Å². The van der Waals surface area contributed by atoms with E-state index in [9.17, 15) is 4.79 Å². The summed E-state index contributed by atoms with van der Waals surface area (Å²) in [7, 11) is 0. The standard InChI is InChI=1S/C21H27N3O/c1-2-17-3-5-19(6-4-17)21(25)23-20-10-15-24(16-11-20)14-9-18-7-12-22-13-8-18/h3-8,12-13,20H,2,9-11,14-16H2,1H3,(H,23,25). The topological polar surface area (TPSA) is 45.2 Å². The molecule has 132 valence electrons. The molecule has 1 fully saturated rings. The molecule has 2 aromatic rings. The van der Waals surface area contributed by atoms with Crippen molar-refractivity contribution in [3.05, 3.63) is 65.5 Å². The third-order valence-electron chi connectivity index (χ3n) is 5.01. The lowest BCUT2D eigenvalue weighted by molar-refractivity contribution is 0.0911. The number of hydrogen-bond donors (Lipinski definition) is 1. The summed E-state index contributed by atoms with van der Waals surface area (Å²) in [6.45, 7) is 5.29. The fourth-order valence-electron chi connectivity index (χ4n) is 3.30. The number of pyridine rings is 1. The van der Waals surface area contributed by atoms with Gasteiger partial charge in [0.25, 0.3) is 5.91 Å². The molecule has 4 nitrogen and oxygen atoms in total. The van der Waals surface area contributed by atoms with Crippen LogP contribution < -0.4 is 5.32 Å². The molecular weight excluding hydrogens is 310 g/mol. The molecule has 0 radical (unpaired) electrons. The number of carbonyl (C=O) groups excluding carboxylic acids is 1. The highest BCUT2D eigenvalue weighted by Gasteiger charge is 2.20. The smallest absolute Gasteiger partial charge is 0.251 e. The third-order valence-corrected chi connectivity index (χ3v) is 5.01. The first-order valence-electron chi connectivity index (χ1n) is 9.25. The van der Waals surface area contributed by atoms with E-state index in [2.05, 4.69) is 34.3 Å². The van der Waals surface area contributed by atoms with E-state index in [0.29, 0.717) is 0 Å². The minimum Gasteiger partial charge on any atom is -0.349 e. The minimum atomic E-state index is 0.0536. The molecule has 1 aromatic carbocycles. The predicted octanol–water partition coefficient (Wildman–Crippen LogP) is 3.08. The number of piperidine rings is 1. The summed E-state index contributed by atoms with van der Waals surface area (Å²) in [6, 6.07) is 12.4. The van der Waals surface area contributed by atoms with Crippen molar-refractivity contribution in [1.29, 1.82) is 0 Å². The van der Waals surface area contributed by atoms with Gasteiger partial charge in [-0.05, 0) is 61.1 Å². The number of hydrogen-bond acceptors (Lipinski definition) is 3. The molecule has 1 aliphatic rings. The van der Waals surface area contributed by atoms with Gasteiger partial charge in [0.05, 0.1) is 0 Å². The van der Waals surface area contributed by atoms with E-state index in [4.69, 9.17) is 0 Å². The van der Waals surface area contributed by atoms with Crippen LogP contribution in [0.2, 0.25) is 0 Å². The van der Waals surface area contributed by atoms with Crippen molar-refractivity contribution in [2.75, 3.05) is 19.6 Å². The first-order chi connectivity index (χ1) is 12.2. The molecule has 4 heteroatoms. The molecule has 0 atom stereocenters. The first-order valence-corrected chi connectivity index (χ1v) is 9.25. The van der Waals surface area contributed by atoms with Crippen molar-refractivity contribution in [2.24, 2.45) is 0 Å². The van der Waals surface area contributed by atoms with Crippen LogP contribution >= 0.6 is 0 Å². The van der Waals surface area contributed by atoms with Gasteiger partial charge in [-0.1, -0.05) is 19.1 Å². The molecule has 1 aliphatic heterocycles. The van der Waals surface area contributed by atoms with Crippen molar-refractivity contribution < 1.29 is 4.79 Å². The maximum absolute atomic E-state index is 12.4. The summed E-state index contributed by atoms with van der Waals surface area (Å²) in [4.78, 5) is 18.9. The van der Waals surface area contributed by atoms with Crippen LogP contribution in [0.15, 0.2) is 48.8 Å². The zero-order valence-corrected chi connectivity index (χ0v) is 14.9. The molecule has 1 N–H and O–H groups in total. The molecule has 0 bridgehead atoms. The quantitative estimate of drug-likeness (QED) is 0.881. The number of amides is 1. The van der Waals surface area contributed by atoms with Gasteiger partial charge in [-0.3, -0.25) is 9.78 Å². The second kappa shape index (κ2) is 8.77. The van der Waals surface area contributed by atoms with Crippen LogP contribution in [0.3, 0.4) is 0 Å². The van der Waals surface area contributed by atoms with Crippen LogP contribution in [0, 0.1) is 0 Å². The summed E-state index contributed by atoms with van der Waals surface area (Å²) in [5.41, 5.74) is 3.36. The van der Waals surface area contributed by atoms with E-state index in [-0.39, 0.29) is 11.9 Å². The molecule has 0 aliphatic carbocycles. The van der Waals surface area contributed by atoms with Crippen molar-refractivity contribution in [3.63, 3.8) is 0 Å². The number of aromatic nitrogens is 1. The highest BCUT2D eigenvalue weighted by molar-refractivity contribution is 5.94. The Bertz CT molecular complexity index is 661. The zero-order chi connectivity index (χ0) is 17.5. The maximum atomic E-state index is 12.4. The van der Waals surface area contributed by atoms with Crippen LogP contribution in [-0.2, 0) is 12.8 Å². The second-order valence-electron chi connectivity index (χ2n) is 6.75. The average molecular weight is 337 g/mol. The summed E-state index contributed by atoms with van der Waals surface area (Å²) < 4.78 is 0. The molecule has 25 heavy (non-hydrogen) atoms. The van der Waals surface area contributed by atoms with Crippen molar-refractivity contribution in [1.82, 2.24) is 15.2 Å². The van der Waals surface area contributed by atoms with E-state index >= 15 is 0 Å². The Balaban J connectivity index is 1.41. The molecule has 1 aromatic heterocycles. The highest BCUT2D eigenvalue weighted by atomic mass is 16.1. The molecule has 0 spiro atoms. The number of nitrogens with zero attached hydrogens (tertiary/aromatic N) is 2. The van der Waals surface area contributed by atoms with Crippen molar-refractivity contribution in [3.8, 4) is 0 Å². The lowest BCUT2D eigenvalue weighted by atomic mass is 10.0. The van der Waals surface area contributed by atoms with E-state index < -0.39 is 0 Å². The number of aryl methyl sites for hydroxylation is 1. The largest absolute Gasteiger partial charge is 0.349 e. The van der Waals surface area contributed by atoms with Gasteiger partial charge >= 0.3 is 0 Å². The molecule has 2 heterocycles. The zero-order valence-electron chi connectivity index (χ0n) is 14.9. The van der Waals surface area contributed by atoms with Gasteiger partial charge in [0, 0.05) is 43.6 Å². The van der Waals surface area contributed by atoms with Crippen molar-refractivity contribution in [2.45, 2.75) is 38.6 Å². The molecule has 1 saturated heterocycles. The fourth-order valence-corrected chi connectivity index (χ4v) is 3.30. The van der Waals surface area contributed by atoms with Gasteiger partial charge < -0.3 is 10.2 Å². The third kappa shape index (κ3) is 5.13. The fraction of sp³-hybridized carbons (Fsp3) is 0.429. The van der Waals surface area contributed by atoms with E-state index in [1.807, 2.05) is 36.7 Å². The van der Waals surface area contributed by atoms with E-state index in [0.717, 1.165) is 50.9 Å². The Kier molecular flexibility index (Phi) is 6.18. The van der Waals surface area contributed by atoms with Gasteiger partial charge in [0.2, 0.25) is 0 Å². The number of rotatable bonds is 6. The Labute approximate surface area is 150 Å². The number of benzene rings is 1. The molecule has 1 amide bonds. The first kappa shape index (κ1) is 17.6. The number of nitrogens with one attached hydrogen (secondary N) is 1. The molecule has 0 saturated carbocycles. The van der Waals surface area contributed by atoms with Gasteiger partial charge in [0.15, 0.2) is 0 Å². The molecule has 3 rings (SSSR count). The Morgan fingerprint density at radius 1 is 1.08 bits per heavy atom. The van der Waals surface area contributed by atoms with Gasteiger partial charge in [0.1, 0.15) is 0 Å². The average Bonchev–Trinajstić information content (AvgIpc) is 2.68. The molecule has 0 unspecified atom stereocenters. The van der Waals surface area contributed by atoms with Gasteiger partial charge in [-0.2, -0.15) is 0 Å². The summed E-state index contributed by atoms with van der Waals surface area (Å²) >= 11 is 0. The monoisotopic (exact) mass is 337 g/mol. The maximum Gasteiger partial charge on any atom is 0.251 e. The predicted molar refractivity (Wildman–Crippen MR) is 101 cm³/mol. The number of likely N-dealkylation sites (tertiary alicyclic amines) is 1. The van der Waals surface area contributed by atoms with E-state index in [1.54, 1.807) is 0 Å². The Morgan fingerprint density at radius 3 is 2.40 bits per heavy atom. The highest BCUT2D eigenvalue weighted by Crippen LogP contribution is 2.13. The molecular formula is C21H27N3O. The summed E-state index contributed by atoms with van der Waals surface area (Å²) in [5.74, 6) is 0.0536. The van der Waals surface area contributed by atoms with Gasteiger partial charge in [-0.25, -0.2) is 0 Å². The summed E-state index contributed by atoms with van der Waals surface area (Å²) in [5, 5.41) is 3.19. The van der Waals surface area contributed by atoms with Crippen LogP contribution in [0.5, 0.6) is 0 Å². The van der Waals surface area contributed by atoms with Crippen LogP contribution in [-0.4, -0.2) is 41.5 Å².